The van der Waals surface area contributed by atoms with Gasteiger partial charge in [0.2, 0.25) is 5.82 Å². The summed E-state index contributed by atoms with van der Waals surface area (Å²) in [6.07, 6.45) is 8.92. The third-order valence-electron chi connectivity index (χ3n) is 19.2. The van der Waals surface area contributed by atoms with Crippen molar-refractivity contribution in [2.24, 2.45) is 65.2 Å². The highest BCUT2D eigenvalue weighted by molar-refractivity contribution is 6.17. The van der Waals surface area contributed by atoms with Crippen molar-refractivity contribution in [1.82, 2.24) is 45.0 Å². The van der Waals surface area contributed by atoms with Crippen molar-refractivity contribution in [3.05, 3.63) is 343 Å². The second-order valence-corrected chi connectivity index (χ2v) is 27.5. The van der Waals surface area contributed by atoms with Crippen LogP contribution >= 0.6 is 0 Å². The number of aromatic hydroxyl groups is 4. The predicted octanol–water partition coefficient (Wildman–Crippen LogP) is 17.8. The second-order valence-electron chi connectivity index (χ2n) is 27.5. The number of anilines is 4. The lowest BCUT2D eigenvalue weighted by Crippen LogP contribution is -2.18. The van der Waals surface area contributed by atoms with Crippen molar-refractivity contribution in [3.63, 3.8) is 0 Å². The first-order valence-corrected chi connectivity index (χ1v) is 38.7. The molecular weight excluding hydrogens is 1650 g/mol. The molecule has 36 heteroatoms. The van der Waals surface area contributed by atoms with Crippen LogP contribution in [0.2, 0.25) is 0 Å². The van der Waals surface area contributed by atoms with Gasteiger partial charge in [-0.2, -0.15) is 5.10 Å². The van der Waals surface area contributed by atoms with Crippen molar-refractivity contribution >= 4 is 170 Å². The number of aryl methyl sites for hydroxylation is 1. The highest BCUT2D eigenvalue weighted by atomic mass is 16.3. The standard InChI is InChI=1S/C24H18N8O3.C24H18N6O4.C24H19N5O3.C21H15N5O2/c1-32-20-18(11-28-32)26-12-27-23(20)31-30-19-14-7-3-2-6-13(14)10-16(21(19)33)24(35)29-17-9-5-4-8-15(17)22(25)34;25-21(32)15-8-3-4-10-18(15)28-24(34)17-12-13-6-1-2-7-14(13)19(20(17)31)29-30-23-16(22(26)33)9-5-11-27-23;1-25-23(31)18-12-7-13-26-22(18)29-28-20-17-11-6-5-8-15(17)14-19(21(20)30)24(32)27-16-9-3-2-4-10-16;27-19-17(20(28)24-15-8-2-1-3-9-15)13-14-7-4-5-10-16(14)18(19)25-26-21-22-11-6-12-23-21/h2-12,33H,1H3,(H2,25,34)(H,29,35);1-12,31H,(H2,25,32)(H2,26,33)(H,28,34);2-14,30H,1H3,(H,25,31)(H,27,32);1-13,27H,(H,24,28). The van der Waals surface area contributed by atoms with Gasteiger partial charge in [-0.05, 0) is 125 Å². The van der Waals surface area contributed by atoms with Gasteiger partial charge in [0.05, 0.1) is 62.1 Å². The van der Waals surface area contributed by atoms with Crippen molar-refractivity contribution in [2.75, 3.05) is 28.3 Å². The van der Waals surface area contributed by atoms with Gasteiger partial charge in [0.1, 0.15) is 40.1 Å². The number of hydrogen-bond donors (Lipinski definition) is 12. The molecule has 5 heterocycles. The first-order chi connectivity index (χ1) is 62.6. The molecule has 12 aromatic carbocycles. The number of para-hydroxylation sites is 4. The minimum absolute atomic E-state index is 0.00694. The van der Waals surface area contributed by atoms with E-state index in [9.17, 15) is 58.8 Å². The number of rotatable bonds is 20. The Morgan fingerprint density at radius 3 is 1.05 bits per heavy atom. The molecule has 129 heavy (non-hydrogen) atoms. The zero-order valence-electron chi connectivity index (χ0n) is 67.7. The van der Waals surface area contributed by atoms with Crippen molar-refractivity contribution in [2.45, 2.75) is 0 Å². The van der Waals surface area contributed by atoms with E-state index < -0.39 is 47.1 Å². The predicted molar refractivity (Wildman–Crippen MR) is 482 cm³/mol. The Kier molecular flexibility index (Phi) is 26.5. The molecule has 15 N–H and O–H groups in total. The lowest BCUT2D eigenvalue weighted by Gasteiger charge is -2.12. The number of fused-ring (bicyclic) bond motifs is 5. The number of phenolic OH excluding ortho intramolecular Hbond substituents is 4. The van der Waals surface area contributed by atoms with Crippen LogP contribution in [0.25, 0.3) is 54.1 Å². The van der Waals surface area contributed by atoms with E-state index in [1.54, 1.807) is 194 Å². The molecule has 36 nitrogen and oxygen atoms in total. The van der Waals surface area contributed by atoms with Gasteiger partial charge in [0.25, 0.3) is 53.2 Å². The summed E-state index contributed by atoms with van der Waals surface area (Å²) < 4.78 is 1.57. The molecular formula is C93H70N24O12. The smallest absolute Gasteiger partial charge is 0.268 e. The van der Waals surface area contributed by atoms with Crippen LogP contribution < -0.4 is 43.8 Å². The lowest BCUT2D eigenvalue weighted by atomic mass is 10.0. The average Bonchev–Trinajstić information content (AvgIpc) is 1.33. The highest BCUT2D eigenvalue weighted by Gasteiger charge is 2.26. The maximum Gasteiger partial charge on any atom is 0.268 e. The lowest BCUT2D eigenvalue weighted by molar-refractivity contribution is 0.0958. The van der Waals surface area contributed by atoms with E-state index in [4.69, 9.17) is 17.2 Å². The zero-order chi connectivity index (χ0) is 90.6. The van der Waals surface area contributed by atoms with Crippen molar-refractivity contribution in [3.8, 4) is 23.0 Å². The number of nitrogens with zero attached hydrogens (tertiary/aromatic N) is 16. The summed E-state index contributed by atoms with van der Waals surface area (Å²) in [4.78, 5) is 123. The molecule has 0 saturated carbocycles. The molecule has 0 atom stereocenters. The molecule has 0 fully saturated rings. The zero-order valence-corrected chi connectivity index (χ0v) is 67.7. The van der Waals surface area contributed by atoms with E-state index in [1.807, 2.05) is 54.6 Å². The largest absolute Gasteiger partial charge is 0.505 e. The number of primary amides is 3. The Hall–Kier alpha value is -19.0. The first kappa shape index (κ1) is 86.4. The monoisotopic (exact) mass is 1710 g/mol. The third kappa shape index (κ3) is 20.0. The van der Waals surface area contributed by atoms with Gasteiger partial charge in [0, 0.05) is 71.8 Å². The number of amides is 8. The molecule has 0 bridgehead atoms. The minimum Gasteiger partial charge on any atom is -0.505 e. The molecule has 0 aliphatic heterocycles. The number of benzene rings is 12. The van der Waals surface area contributed by atoms with Crippen LogP contribution in [0.15, 0.2) is 339 Å². The number of pyridine rings is 2. The second kappa shape index (κ2) is 39.7. The number of carbonyl (C=O) groups excluding carboxylic acids is 8. The number of aromatic nitrogens is 8. The Labute approximate surface area is 729 Å². The Bertz CT molecular complexity index is 7370. The van der Waals surface area contributed by atoms with Crippen LogP contribution in [0, 0.1) is 0 Å². The number of hydrogen-bond acceptors (Lipinski definition) is 27. The summed E-state index contributed by atoms with van der Waals surface area (Å²) in [6, 6.07) is 73.1. The summed E-state index contributed by atoms with van der Waals surface area (Å²) >= 11 is 0. The fourth-order valence-corrected chi connectivity index (χ4v) is 13.0. The normalized spacial score (nSPS) is 11.1. The Morgan fingerprint density at radius 2 is 0.651 bits per heavy atom. The van der Waals surface area contributed by atoms with E-state index in [2.05, 4.69) is 103 Å². The molecule has 0 aliphatic rings. The molecule has 17 rings (SSSR count). The van der Waals surface area contributed by atoms with Crippen molar-refractivity contribution in [1.29, 1.82) is 0 Å². The Balaban J connectivity index is 0.000000139. The Morgan fingerprint density at radius 1 is 0.318 bits per heavy atom. The first-order valence-electron chi connectivity index (χ1n) is 38.7. The molecule has 0 unspecified atom stereocenters. The van der Waals surface area contributed by atoms with Gasteiger partial charge in [0.15, 0.2) is 34.6 Å². The van der Waals surface area contributed by atoms with Crippen LogP contribution in [0.3, 0.4) is 0 Å². The van der Waals surface area contributed by atoms with E-state index in [-0.39, 0.29) is 125 Å². The minimum atomic E-state index is -0.739. The molecule has 8 amide bonds. The van der Waals surface area contributed by atoms with Gasteiger partial charge < -0.3 is 64.2 Å². The molecule has 17 aromatic rings. The van der Waals surface area contributed by atoms with Gasteiger partial charge >= 0.3 is 0 Å². The number of azo groups is 4. The number of nitrogens with one attached hydrogen (secondary N) is 5. The summed E-state index contributed by atoms with van der Waals surface area (Å²) in [7, 11) is 3.23. The molecule has 0 spiro atoms. The van der Waals surface area contributed by atoms with Crippen LogP contribution in [-0.2, 0) is 7.05 Å². The molecule has 5 aromatic heterocycles. The summed E-state index contributed by atoms with van der Waals surface area (Å²) in [5.41, 5.74) is 19.8. The van der Waals surface area contributed by atoms with Gasteiger partial charge in [-0.1, -0.05) is 158 Å². The molecule has 0 saturated heterocycles. The van der Waals surface area contributed by atoms with Gasteiger partial charge in [-0.15, -0.1) is 40.9 Å². The van der Waals surface area contributed by atoms with E-state index in [1.165, 1.54) is 68.2 Å². The number of nitrogens with two attached hydrogens (primary N) is 3. The van der Waals surface area contributed by atoms with Gasteiger partial charge in [-0.25, -0.2) is 29.9 Å². The van der Waals surface area contributed by atoms with E-state index >= 15 is 0 Å². The fraction of sp³-hybridized carbons (Fsp3) is 0.0215. The van der Waals surface area contributed by atoms with Crippen LogP contribution in [-0.4, -0.2) is 114 Å². The number of phenols is 4. The molecule has 634 valence electrons. The van der Waals surface area contributed by atoms with Crippen molar-refractivity contribution < 1.29 is 58.8 Å². The molecule has 0 aliphatic carbocycles. The maximum absolute atomic E-state index is 13.1. The van der Waals surface area contributed by atoms with Gasteiger partial charge in [-0.3, -0.25) is 43.0 Å². The summed E-state index contributed by atoms with van der Waals surface area (Å²) in [5.74, 6) is -5.71. The number of carbonyl (C=O) groups is 8. The highest BCUT2D eigenvalue weighted by Crippen LogP contribution is 2.45. The SMILES string of the molecule is CNC(=O)c1cccnc1N=Nc1c(O)c(C(=O)Nc2ccccc2)cc2ccccc12.Cn1ncc2ncnc(N=Nc3c(O)c(C(=O)Nc4ccccc4C(N)=O)cc4ccccc34)c21.NC(=O)c1ccccc1NC(=O)c1cc2ccccc2c(N=Nc2ncccc2C(N)=O)c1O.O=C(Nc1ccccc1)c1cc2ccccc2c(N=Nc2ncccn2)c1O. The van der Waals surface area contributed by atoms with E-state index in [0.717, 1.165) is 5.39 Å². The topological polar surface area (TPSA) is 550 Å². The average molecular weight is 1720 g/mol. The van der Waals surface area contributed by atoms with Crippen LogP contribution in [0.5, 0.6) is 23.0 Å². The summed E-state index contributed by atoms with van der Waals surface area (Å²) in [6.45, 7) is 0. The third-order valence-corrected chi connectivity index (χ3v) is 19.2. The maximum atomic E-state index is 13.1. The quantitative estimate of drug-likeness (QED) is 0.0315. The fourth-order valence-electron chi connectivity index (χ4n) is 13.0. The van der Waals surface area contributed by atoms with E-state index in [0.29, 0.717) is 60.1 Å². The summed E-state index contributed by atoms with van der Waals surface area (Å²) in [5, 5.41) is 99.2. The van der Waals surface area contributed by atoms with Crippen LogP contribution in [0.4, 0.5) is 68.9 Å². The molecule has 0 radical (unpaired) electrons. The van der Waals surface area contributed by atoms with Crippen LogP contribution in [0.1, 0.15) is 82.9 Å².